The standard InChI is InChI=1S/C23H21N3O2S/c1-3-18(20(24)27)26-21(16-11-9-14(2)10-12-16)25-22-19(23(26)28)17(13-29-22)15-7-5-4-6-8-15/h4-13,18H,3H2,1-2H3,(H2,24,27). The van der Waals surface area contributed by atoms with Gasteiger partial charge in [0, 0.05) is 16.5 Å². The van der Waals surface area contributed by atoms with Gasteiger partial charge in [0.1, 0.15) is 16.7 Å². The minimum Gasteiger partial charge on any atom is -0.368 e. The molecule has 2 aromatic heterocycles. The molecular formula is C23H21N3O2S. The fraction of sp³-hybridized carbons (Fsp3) is 0.174. The lowest BCUT2D eigenvalue weighted by molar-refractivity contribution is -0.121. The molecule has 0 saturated heterocycles. The number of nitrogens with zero attached hydrogens (tertiary/aromatic N) is 2. The van der Waals surface area contributed by atoms with Crippen molar-refractivity contribution < 1.29 is 4.79 Å². The summed E-state index contributed by atoms with van der Waals surface area (Å²) in [7, 11) is 0. The Morgan fingerprint density at radius 2 is 1.79 bits per heavy atom. The van der Waals surface area contributed by atoms with Crippen LogP contribution in [0, 0.1) is 6.92 Å². The fourth-order valence-corrected chi connectivity index (χ4v) is 4.48. The van der Waals surface area contributed by atoms with Crippen molar-refractivity contribution in [3.05, 3.63) is 75.9 Å². The number of fused-ring (bicyclic) bond motifs is 1. The second kappa shape index (κ2) is 7.64. The lowest BCUT2D eigenvalue weighted by Crippen LogP contribution is -2.35. The van der Waals surface area contributed by atoms with Gasteiger partial charge in [0.15, 0.2) is 0 Å². The lowest BCUT2D eigenvalue weighted by Gasteiger charge is -2.19. The number of nitrogens with two attached hydrogens (primary N) is 1. The number of rotatable bonds is 5. The average molecular weight is 404 g/mol. The largest absolute Gasteiger partial charge is 0.368 e. The second-order valence-corrected chi connectivity index (χ2v) is 7.86. The van der Waals surface area contributed by atoms with Gasteiger partial charge in [0.05, 0.1) is 5.39 Å². The topological polar surface area (TPSA) is 78.0 Å². The van der Waals surface area contributed by atoms with Crippen LogP contribution in [0.2, 0.25) is 0 Å². The molecule has 6 heteroatoms. The highest BCUT2D eigenvalue weighted by Gasteiger charge is 2.25. The highest BCUT2D eigenvalue weighted by atomic mass is 32.1. The number of thiophene rings is 1. The molecule has 5 nitrogen and oxygen atoms in total. The van der Waals surface area contributed by atoms with Gasteiger partial charge in [0.25, 0.3) is 5.56 Å². The number of hydrogen-bond acceptors (Lipinski definition) is 4. The Bertz CT molecular complexity index is 1240. The number of carbonyl (C=O) groups is 1. The number of hydrogen-bond donors (Lipinski definition) is 1. The van der Waals surface area contributed by atoms with Gasteiger partial charge >= 0.3 is 0 Å². The van der Waals surface area contributed by atoms with E-state index in [2.05, 4.69) is 0 Å². The van der Waals surface area contributed by atoms with Crippen LogP contribution in [0.3, 0.4) is 0 Å². The first-order valence-electron chi connectivity index (χ1n) is 9.46. The first kappa shape index (κ1) is 19.1. The monoisotopic (exact) mass is 403 g/mol. The molecule has 0 aliphatic carbocycles. The zero-order valence-corrected chi connectivity index (χ0v) is 17.1. The van der Waals surface area contributed by atoms with Gasteiger partial charge in [-0.15, -0.1) is 11.3 Å². The molecule has 4 aromatic rings. The Hall–Kier alpha value is -3.25. The van der Waals surface area contributed by atoms with Gasteiger partial charge < -0.3 is 5.73 Å². The summed E-state index contributed by atoms with van der Waals surface area (Å²) in [5, 5.41) is 2.47. The summed E-state index contributed by atoms with van der Waals surface area (Å²) in [4.78, 5) is 31.3. The molecule has 1 atom stereocenters. The van der Waals surface area contributed by atoms with Crippen LogP contribution in [-0.2, 0) is 4.79 Å². The molecule has 0 bridgehead atoms. The maximum Gasteiger partial charge on any atom is 0.263 e. The van der Waals surface area contributed by atoms with E-state index in [1.165, 1.54) is 15.9 Å². The maximum absolute atomic E-state index is 13.7. The van der Waals surface area contributed by atoms with E-state index in [9.17, 15) is 9.59 Å². The van der Waals surface area contributed by atoms with Gasteiger partial charge in [-0.05, 0) is 18.9 Å². The molecule has 0 fully saturated rings. The molecule has 2 aromatic carbocycles. The van der Waals surface area contributed by atoms with E-state index >= 15 is 0 Å². The van der Waals surface area contributed by atoms with Crippen LogP contribution in [0.15, 0.2) is 64.8 Å². The predicted octanol–water partition coefficient (Wildman–Crippen LogP) is 4.54. The van der Waals surface area contributed by atoms with Crippen LogP contribution < -0.4 is 11.3 Å². The van der Waals surface area contributed by atoms with Crippen LogP contribution in [0.25, 0.3) is 32.7 Å². The molecule has 29 heavy (non-hydrogen) atoms. The normalized spacial score (nSPS) is 12.2. The molecule has 4 rings (SSSR count). The number of aromatic nitrogens is 2. The summed E-state index contributed by atoms with van der Waals surface area (Å²) in [6.07, 6.45) is 0.409. The van der Waals surface area contributed by atoms with Crippen molar-refractivity contribution in [2.24, 2.45) is 5.73 Å². The highest BCUT2D eigenvalue weighted by Crippen LogP contribution is 2.33. The summed E-state index contributed by atoms with van der Waals surface area (Å²) >= 11 is 1.43. The molecular weight excluding hydrogens is 382 g/mol. The van der Waals surface area contributed by atoms with E-state index in [0.29, 0.717) is 22.5 Å². The summed E-state index contributed by atoms with van der Waals surface area (Å²) in [5.74, 6) is -0.0739. The average Bonchev–Trinajstić information content (AvgIpc) is 3.15. The number of primary amides is 1. The Labute approximate surface area is 172 Å². The highest BCUT2D eigenvalue weighted by molar-refractivity contribution is 7.17. The third-order valence-electron chi connectivity index (χ3n) is 5.06. The quantitative estimate of drug-likeness (QED) is 0.531. The molecule has 2 N–H and O–H groups in total. The van der Waals surface area contributed by atoms with Crippen molar-refractivity contribution in [1.82, 2.24) is 9.55 Å². The van der Waals surface area contributed by atoms with Gasteiger partial charge in [-0.3, -0.25) is 14.2 Å². The number of amides is 1. The van der Waals surface area contributed by atoms with Crippen molar-refractivity contribution in [2.75, 3.05) is 0 Å². The zero-order chi connectivity index (χ0) is 20.5. The third-order valence-corrected chi connectivity index (χ3v) is 5.93. The smallest absolute Gasteiger partial charge is 0.263 e. The van der Waals surface area contributed by atoms with Gasteiger partial charge in [-0.25, -0.2) is 4.98 Å². The van der Waals surface area contributed by atoms with Crippen molar-refractivity contribution in [2.45, 2.75) is 26.3 Å². The van der Waals surface area contributed by atoms with Crippen molar-refractivity contribution >= 4 is 27.5 Å². The Kier molecular flexibility index (Phi) is 5.03. The predicted molar refractivity (Wildman–Crippen MR) is 118 cm³/mol. The number of aryl methyl sites for hydroxylation is 1. The van der Waals surface area contributed by atoms with Crippen LogP contribution >= 0.6 is 11.3 Å². The molecule has 1 unspecified atom stereocenters. The van der Waals surface area contributed by atoms with Crippen molar-refractivity contribution in [1.29, 1.82) is 0 Å². The molecule has 146 valence electrons. The Morgan fingerprint density at radius 1 is 1.10 bits per heavy atom. The van der Waals surface area contributed by atoms with Crippen LogP contribution in [0.4, 0.5) is 0 Å². The summed E-state index contributed by atoms with van der Waals surface area (Å²) < 4.78 is 1.47. The molecule has 0 radical (unpaired) electrons. The second-order valence-electron chi connectivity index (χ2n) is 7.00. The molecule has 2 heterocycles. The van der Waals surface area contributed by atoms with Gasteiger partial charge in [0.2, 0.25) is 5.91 Å². The van der Waals surface area contributed by atoms with Crippen LogP contribution in [-0.4, -0.2) is 15.5 Å². The minimum absolute atomic E-state index is 0.240. The van der Waals surface area contributed by atoms with Crippen LogP contribution in [0.1, 0.15) is 24.9 Å². The van der Waals surface area contributed by atoms with E-state index in [0.717, 1.165) is 22.3 Å². The van der Waals surface area contributed by atoms with E-state index in [1.807, 2.05) is 73.8 Å². The first-order chi connectivity index (χ1) is 14.0. The van der Waals surface area contributed by atoms with E-state index < -0.39 is 11.9 Å². The molecule has 0 aliphatic heterocycles. The summed E-state index contributed by atoms with van der Waals surface area (Å²) in [6.45, 7) is 3.84. The minimum atomic E-state index is -0.765. The molecule has 0 saturated carbocycles. The van der Waals surface area contributed by atoms with E-state index in [1.54, 1.807) is 0 Å². The number of benzene rings is 2. The maximum atomic E-state index is 13.7. The van der Waals surface area contributed by atoms with Crippen molar-refractivity contribution in [3.8, 4) is 22.5 Å². The molecule has 1 amide bonds. The SMILES string of the molecule is CCC(C(N)=O)n1c(-c2ccc(C)cc2)nc2scc(-c3ccccc3)c2c1=O. The van der Waals surface area contributed by atoms with Gasteiger partial charge in [-0.1, -0.05) is 67.1 Å². The van der Waals surface area contributed by atoms with Gasteiger partial charge in [-0.2, -0.15) is 0 Å². The summed E-state index contributed by atoms with van der Waals surface area (Å²) in [5.41, 5.74) is 9.08. The van der Waals surface area contributed by atoms with E-state index in [4.69, 9.17) is 10.7 Å². The van der Waals surface area contributed by atoms with Crippen LogP contribution in [0.5, 0.6) is 0 Å². The number of carbonyl (C=O) groups excluding carboxylic acids is 1. The Balaban J connectivity index is 2.07. The molecule has 0 spiro atoms. The fourth-order valence-electron chi connectivity index (χ4n) is 3.54. The van der Waals surface area contributed by atoms with E-state index in [-0.39, 0.29) is 5.56 Å². The van der Waals surface area contributed by atoms with Crippen molar-refractivity contribution in [3.63, 3.8) is 0 Å². The summed E-state index contributed by atoms with van der Waals surface area (Å²) in [6, 6.07) is 16.7. The first-order valence-corrected chi connectivity index (χ1v) is 10.3. The lowest BCUT2D eigenvalue weighted by atomic mass is 10.1. The molecule has 0 aliphatic rings. The third kappa shape index (κ3) is 3.36. The zero-order valence-electron chi connectivity index (χ0n) is 16.3. The Morgan fingerprint density at radius 3 is 2.41 bits per heavy atom.